The Hall–Kier alpha value is -2.68. The lowest BCUT2D eigenvalue weighted by Crippen LogP contribution is -2.18. The molecule has 0 radical (unpaired) electrons. The average Bonchev–Trinajstić information content (AvgIpc) is 2.62. The van der Waals surface area contributed by atoms with E-state index in [2.05, 4.69) is 64.6 Å². The van der Waals surface area contributed by atoms with Gasteiger partial charge in [0.2, 0.25) is 5.95 Å². The highest BCUT2D eigenvalue weighted by Crippen LogP contribution is 2.37. The number of nitrogen functional groups attached to an aromatic ring is 1. The second kappa shape index (κ2) is 6.08. The third-order valence-electron chi connectivity index (χ3n) is 4.98. The summed E-state index contributed by atoms with van der Waals surface area (Å²) in [4.78, 5) is 8.84. The second-order valence-corrected chi connectivity index (χ2v) is 6.49. The second-order valence-electron chi connectivity index (χ2n) is 6.49. The van der Waals surface area contributed by atoms with E-state index in [4.69, 9.17) is 5.73 Å². The van der Waals surface area contributed by atoms with Gasteiger partial charge in [0.25, 0.3) is 0 Å². The number of nitrogens with zero attached hydrogens (tertiary/aromatic N) is 2. The van der Waals surface area contributed by atoms with Gasteiger partial charge in [-0.2, -0.15) is 0 Å². The first kappa shape index (κ1) is 14.9. The van der Waals surface area contributed by atoms with Crippen LogP contribution in [0.25, 0.3) is 11.1 Å². The molecule has 0 saturated carbocycles. The highest BCUT2D eigenvalue weighted by atomic mass is 15.0. The van der Waals surface area contributed by atoms with Crippen molar-refractivity contribution in [2.45, 2.75) is 32.1 Å². The third-order valence-corrected chi connectivity index (χ3v) is 4.98. The van der Waals surface area contributed by atoms with Crippen LogP contribution in [0.1, 0.15) is 34.9 Å². The maximum atomic E-state index is 5.87. The zero-order chi connectivity index (χ0) is 16.5. The van der Waals surface area contributed by atoms with E-state index in [-0.39, 0.29) is 0 Å². The largest absolute Gasteiger partial charge is 0.368 e. The third kappa shape index (κ3) is 2.67. The SMILES string of the molecule is Cc1nc(N)nc2c1CCC(c1ccccc1-c1ccccc1)C2. The number of benzene rings is 2. The van der Waals surface area contributed by atoms with Crippen LogP contribution in [0.4, 0.5) is 5.95 Å². The summed E-state index contributed by atoms with van der Waals surface area (Å²) in [5.41, 5.74) is 13.3. The number of nitrogens with two attached hydrogens (primary N) is 1. The topological polar surface area (TPSA) is 51.8 Å². The van der Waals surface area contributed by atoms with Crippen LogP contribution in [0.15, 0.2) is 54.6 Å². The molecule has 24 heavy (non-hydrogen) atoms. The van der Waals surface area contributed by atoms with Crippen molar-refractivity contribution in [2.24, 2.45) is 0 Å². The Morgan fingerprint density at radius 1 is 0.958 bits per heavy atom. The van der Waals surface area contributed by atoms with Gasteiger partial charge >= 0.3 is 0 Å². The molecule has 3 nitrogen and oxygen atoms in total. The first-order valence-electron chi connectivity index (χ1n) is 8.48. The van der Waals surface area contributed by atoms with Gasteiger partial charge in [0, 0.05) is 5.69 Å². The maximum Gasteiger partial charge on any atom is 0.220 e. The highest BCUT2D eigenvalue weighted by Gasteiger charge is 2.25. The fourth-order valence-corrected chi connectivity index (χ4v) is 3.83. The fourth-order valence-electron chi connectivity index (χ4n) is 3.83. The summed E-state index contributed by atoms with van der Waals surface area (Å²) in [7, 11) is 0. The Labute approximate surface area is 142 Å². The Kier molecular flexibility index (Phi) is 3.77. The van der Waals surface area contributed by atoms with E-state index in [1.54, 1.807) is 0 Å². The van der Waals surface area contributed by atoms with Crippen molar-refractivity contribution >= 4 is 5.95 Å². The molecule has 0 fully saturated rings. The monoisotopic (exact) mass is 315 g/mol. The zero-order valence-corrected chi connectivity index (χ0v) is 13.9. The van der Waals surface area contributed by atoms with Crippen molar-refractivity contribution < 1.29 is 0 Å². The van der Waals surface area contributed by atoms with Gasteiger partial charge in [-0.25, -0.2) is 9.97 Å². The standard InChI is InChI=1S/C21H21N3/c1-14-17-12-11-16(13-20(17)24-21(22)23-14)19-10-6-5-9-18(19)15-7-3-2-4-8-15/h2-10,16H,11-13H2,1H3,(H2,22,23,24). The Bertz CT molecular complexity index is 872. The quantitative estimate of drug-likeness (QED) is 0.767. The molecule has 3 aromatic rings. The summed E-state index contributed by atoms with van der Waals surface area (Å²) in [6.45, 7) is 2.04. The minimum absolute atomic E-state index is 0.392. The van der Waals surface area contributed by atoms with E-state index in [9.17, 15) is 0 Å². The molecule has 120 valence electrons. The minimum Gasteiger partial charge on any atom is -0.368 e. The molecule has 1 unspecified atom stereocenters. The molecule has 0 aliphatic heterocycles. The van der Waals surface area contributed by atoms with Crippen molar-refractivity contribution in [1.29, 1.82) is 0 Å². The van der Waals surface area contributed by atoms with Crippen LogP contribution in [0.2, 0.25) is 0 Å². The van der Waals surface area contributed by atoms with Crippen LogP contribution in [0, 0.1) is 6.92 Å². The van der Waals surface area contributed by atoms with E-state index in [1.165, 1.54) is 22.3 Å². The summed E-state index contributed by atoms with van der Waals surface area (Å²) in [5.74, 6) is 0.867. The molecular formula is C21H21N3. The summed E-state index contributed by atoms with van der Waals surface area (Å²) >= 11 is 0. The van der Waals surface area contributed by atoms with Gasteiger partial charge in [-0.15, -0.1) is 0 Å². The minimum atomic E-state index is 0.392. The molecule has 1 aliphatic carbocycles. The summed E-state index contributed by atoms with van der Waals surface area (Å²) in [5, 5.41) is 0. The van der Waals surface area contributed by atoms with Crippen molar-refractivity contribution in [2.75, 3.05) is 5.73 Å². The van der Waals surface area contributed by atoms with Crippen molar-refractivity contribution in [3.05, 3.63) is 77.1 Å². The van der Waals surface area contributed by atoms with Crippen LogP contribution >= 0.6 is 0 Å². The Morgan fingerprint density at radius 3 is 2.54 bits per heavy atom. The van der Waals surface area contributed by atoms with E-state index in [0.29, 0.717) is 11.9 Å². The first-order valence-corrected chi connectivity index (χ1v) is 8.48. The number of aromatic nitrogens is 2. The van der Waals surface area contributed by atoms with Crippen molar-refractivity contribution in [3.63, 3.8) is 0 Å². The smallest absolute Gasteiger partial charge is 0.220 e. The van der Waals surface area contributed by atoms with E-state index >= 15 is 0 Å². The molecule has 1 aliphatic rings. The molecule has 0 bridgehead atoms. The van der Waals surface area contributed by atoms with Crippen LogP contribution in [0.3, 0.4) is 0 Å². The zero-order valence-electron chi connectivity index (χ0n) is 13.9. The molecule has 0 saturated heterocycles. The van der Waals surface area contributed by atoms with Gasteiger partial charge in [0.05, 0.1) is 5.69 Å². The van der Waals surface area contributed by atoms with Gasteiger partial charge in [-0.1, -0.05) is 54.6 Å². The van der Waals surface area contributed by atoms with Crippen LogP contribution in [-0.2, 0) is 12.8 Å². The van der Waals surface area contributed by atoms with Gasteiger partial charge in [0.1, 0.15) is 0 Å². The lowest BCUT2D eigenvalue weighted by molar-refractivity contribution is 0.569. The number of anilines is 1. The van der Waals surface area contributed by atoms with Gasteiger partial charge < -0.3 is 5.73 Å². The molecule has 3 heteroatoms. The Balaban J connectivity index is 1.74. The first-order chi connectivity index (χ1) is 11.7. The normalized spacial score (nSPS) is 16.6. The highest BCUT2D eigenvalue weighted by molar-refractivity contribution is 5.68. The van der Waals surface area contributed by atoms with E-state index in [0.717, 1.165) is 30.7 Å². The molecule has 0 spiro atoms. The number of hydrogen-bond acceptors (Lipinski definition) is 3. The molecule has 2 N–H and O–H groups in total. The fraction of sp³-hybridized carbons (Fsp3) is 0.238. The van der Waals surface area contributed by atoms with Crippen LogP contribution < -0.4 is 5.73 Å². The molecule has 0 amide bonds. The predicted octanol–water partition coefficient (Wildman–Crippen LogP) is 4.31. The van der Waals surface area contributed by atoms with Crippen LogP contribution in [0.5, 0.6) is 0 Å². The van der Waals surface area contributed by atoms with Gasteiger partial charge in [0.15, 0.2) is 0 Å². The molecule has 2 aromatic carbocycles. The number of rotatable bonds is 2. The Morgan fingerprint density at radius 2 is 1.71 bits per heavy atom. The van der Waals surface area contributed by atoms with Crippen LogP contribution in [-0.4, -0.2) is 9.97 Å². The van der Waals surface area contributed by atoms with Gasteiger partial charge in [-0.3, -0.25) is 0 Å². The van der Waals surface area contributed by atoms with Crippen molar-refractivity contribution in [3.8, 4) is 11.1 Å². The molecular weight excluding hydrogens is 294 g/mol. The molecule has 4 rings (SSSR count). The summed E-state index contributed by atoms with van der Waals surface area (Å²) in [6, 6.07) is 19.4. The molecule has 1 heterocycles. The van der Waals surface area contributed by atoms with Gasteiger partial charge in [-0.05, 0) is 54.4 Å². The predicted molar refractivity (Wildman–Crippen MR) is 97.8 cm³/mol. The van der Waals surface area contributed by atoms with E-state index in [1.807, 2.05) is 6.92 Å². The van der Waals surface area contributed by atoms with Crippen molar-refractivity contribution in [1.82, 2.24) is 9.97 Å². The summed E-state index contributed by atoms with van der Waals surface area (Å²) in [6.07, 6.45) is 3.09. The number of fused-ring (bicyclic) bond motifs is 1. The average molecular weight is 315 g/mol. The molecule has 1 aromatic heterocycles. The maximum absolute atomic E-state index is 5.87. The number of hydrogen-bond donors (Lipinski definition) is 1. The summed E-state index contributed by atoms with van der Waals surface area (Å²) < 4.78 is 0. The van der Waals surface area contributed by atoms with E-state index < -0.39 is 0 Å². The lowest BCUT2D eigenvalue weighted by atomic mass is 9.79. The lowest BCUT2D eigenvalue weighted by Gasteiger charge is -2.27. The number of aryl methyl sites for hydroxylation is 1. The molecule has 1 atom stereocenters.